The second-order valence-electron chi connectivity index (χ2n) is 5.13. The second kappa shape index (κ2) is 6.87. The number of pyridine rings is 1. The smallest absolute Gasteiger partial charge is 0 e. The molecular weight excluding hydrogens is 289 g/mol. The molecule has 0 aliphatic carbocycles. The van der Waals surface area contributed by atoms with E-state index in [1.54, 1.807) is 0 Å². The molecule has 3 rings (SSSR count). The Hall–Kier alpha value is -1.38. The third-order valence-corrected chi connectivity index (χ3v) is 4.21. The molecule has 2 heteroatoms. The van der Waals surface area contributed by atoms with E-state index < -0.39 is 0 Å². The zero-order valence-corrected chi connectivity index (χ0v) is 13.8. The summed E-state index contributed by atoms with van der Waals surface area (Å²) in [6, 6.07) is 10.1. The van der Waals surface area contributed by atoms with Gasteiger partial charge < -0.3 is 40.2 Å². The molecule has 0 spiro atoms. The van der Waals surface area contributed by atoms with Crippen LogP contribution in [0, 0.1) is 34.6 Å². The fourth-order valence-electron chi connectivity index (χ4n) is 2.36. The fourth-order valence-corrected chi connectivity index (χ4v) is 2.36. The summed E-state index contributed by atoms with van der Waals surface area (Å²) in [5, 5.41) is 1.22. The van der Waals surface area contributed by atoms with Crippen LogP contribution in [0.2, 0.25) is 0 Å². The Morgan fingerprint density at radius 2 is 1.60 bits per heavy atom. The van der Waals surface area contributed by atoms with E-state index in [-0.39, 0.29) is 16.8 Å². The first-order valence-electron chi connectivity index (χ1n) is 6.68. The van der Waals surface area contributed by atoms with Gasteiger partial charge in [0.25, 0.3) is 0 Å². The van der Waals surface area contributed by atoms with Crippen molar-refractivity contribution in [2.75, 3.05) is 0 Å². The summed E-state index contributed by atoms with van der Waals surface area (Å²) < 4.78 is 0. The molecule has 20 heavy (non-hydrogen) atoms. The van der Waals surface area contributed by atoms with E-state index in [1.165, 1.54) is 33.2 Å². The van der Waals surface area contributed by atoms with Crippen LogP contribution in [0.5, 0.6) is 0 Å². The van der Waals surface area contributed by atoms with E-state index in [2.05, 4.69) is 51.7 Å². The molecule has 0 aliphatic heterocycles. The van der Waals surface area contributed by atoms with Gasteiger partial charge in [0.05, 0.1) is 0 Å². The third-order valence-electron chi connectivity index (χ3n) is 4.21. The predicted molar refractivity (Wildman–Crippen MR) is 83.1 cm³/mol. The van der Waals surface area contributed by atoms with E-state index in [1.807, 2.05) is 24.4 Å². The van der Waals surface area contributed by atoms with Gasteiger partial charge in [0.2, 0.25) is 0 Å². The summed E-state index contributed by atoms with van der Waals surface area (Å²) in [6.07, 6.45) is 1.81. The first kappa shape index (κ1) is 16.7. The van der Waals surface area contributed by atoms with Crippen molar-refractivity contribution in [1.29, 1.82) is 0 Å². The van der Waals surface area contributed by atoms with Crippen LogP contribution < -0.4 is 0 Å². The summed E-state index contributed by atoms with van der Waals surface area (Å²) in [5.41, 5.74) is 8.42. The van der Waals surface area contributed by atoms with Gasteiger partial charge in [-0.15, -0.1) is 0 Å². The minimum absolute atomic E-state index is 0. The maximum atomic E-state index is 4.14. The Bertz CT molecular complexity index is 578. The van der Waals surface area contributed by atoms with Crippen molar-refractivity contribution in [3.8, 4) is 0 Å². The average Bonchev–Trinajstić information content (AvgIpc) is 2.97. The molecule has 0 N–H and O–H groups in total. The van der Waals surface area contributed by atoms with Gasteiger partial charge in [-0.05, 0) is 0 Å². The van der Waals surface area contributed by atoms with Crippen LogP contribution in [-0.2, 0) is 16.8 Å². The SMILES string of the molecule is Cc1c(C)c(C)[c-](C)c1C.[Co].c1cn[c-]2[cH-][cH-][cH-][c-]2c1. The number of aromatic nitrogens is 1. The molecule has 0 saturated heterocycles. The monoisotopic (exact) mass is 310 g/mol. The molecule has 1 radical (unpaired) electrons. The quantitative estimate of drug-likeness (QED) is 0.538. The van der Waals surface area contributed by atoms with Gasteiger partial charge in [-0.25, -0.2) is 0 Å². The zero-order valence-electron chi connectivity index (χ0n) is 12.7. The van der Waals surface area contributed by atoms with Crippen LogP contribution in [-0.4, -0.2) is 4.98 Å². The fraction of sp³-hybridized carbons (Fsp3) is 0.278. The van der Waals surface area contributed by atoms with Crippen molar-refractivity contribution in [3.05, 3.63) is 64.3 Å². The van der Waals surface area contributed by atoms with Gasteiger partial charge in [-0.2, -0.15) is 34.0 Å². The first-order valence-corrected chi connectivity index (χ1v) is 6.68. The topological polar surface area (TPSA) is 12.9 Å². The summed E-state index contributed by atoms with van der Waals surface area (Å²) in [7, 11) is 0. The van der Waals surface area contributed by atoms with Gasteiger partial charge in [0, 0.05) is 16.8 Å². The number of hydrogen-bond donors (Lipinski definition) is 0. The normalized spacial score (nSPS) is 9.85. The minimum Gasteiger partial charge on any atom is -0.724 e. The largest absolute Gasteiger partial charge is 0.724 e. The van der Waals surface area contributed by atoms with Gasteiger partial charge in [-0.1, -0.05) is 34.6 Å². The molecule has 1 heterocycles. The minimum atomic E-state index is 0. The molecule has 0 saturated carbocycles. The Kier molecular flexibility index (Phi) is 5.72. The first-order chi connectivity index (χ1) is 9.02. The van der Waals surface area contributed by atoms with Crippen LogP contribution in [0.1, 0.15) is 27.8 Å². The number of hydrogen-bond acceptors (Lipinski definition) is 1. The Balaban J connectivity index is 0.000000191. The Morgan fingerprint density at radius 1 is 1.00 bits per heavy atom. The summed E-state index contributed by atoms with van der Waals surface area (Å²) in [4.78, 5) is 4.14. The van der Waals surface area contributed by atoms with E-state index in [0.717, 1.165) is 5.52 Å². The molecule has 1 aromatic heterocycles. The number of nitrogens with zero attached hydrogens (tertiary/aromatic N) is 1. The number of rotatable bonds is 0. The van der Waals surface area contributed by atoms with Crippen molar-refractivity contribution < 1.29 is 16.8 Å². The van der Waals surface area contributed by atoms with Gasteiger partial charge in [0.1, 0.15) is 0 Å². The molecular formula is C18H21CoN-6. The summed E-state index contributed by atoms with van der Waals surface area (Å²) >= 11 is 0. The van der Waals surface area contributed by atoms with E-state index >= 15 is 0 Å². The van der Waals surface area contributed by atoms with E-state index in [4.69, 9.17) is 0 Å². The summed E-state index contributed by atoms with van der Waals surface area (Å²) in [6.45, 7) is 11.0. The molecule has 2 aromatic carbocycles. The van der Waals surface area contributed by atoms with Crippen molar-refractivity contribution in [2.45, 2.75) is 34.6 Å². The molecule has 0 unspecified atom stereocenters. The van der Waals surface area contributed by atoms with Crippen LogP contribution in [0.3, 0.4) is 0 Å². The molecule has 113 valence electrons. The predicted octanol–water partition coefficient (Wildman–Crippen LogP) is 4.90. The van der Waals surface area contributed by atoms with Crippen LogP contribution in [0.4, 0.5) is 0 Å². The second-order valence-corrected chi connectivity index (χ2v) is 5.13. The molecule has 3 aromatic rings. The van der Waals surface area contributed by atoms with Crippen molar-refractivity contribution in [2.24, 2.45) is 0 Å². The molecule has 0 aliphatic rings. The van der Waals surface area contributed by atoms with Crippen LogP contribution in [0.15, 0.2) is 36.5 Å². The Morgan fingerprint density at radius 3 is 2.05 bits per heavy atom. The third kappa shape index (κ3) is 3.19. The van der Waals surface area contributed by atoms with E-state index in [0.29, 0.717) is 0 Å². The van der Waals surface area contributed by atoms with Gasteiger partial charge >= 0.3 is 0 Å². The average molecular weight is 310 g/mol. The molecule has 0 fully saturated rings. The molecule has 1 nitrogen and oxygen atoms in total. The van der Waals surface area contributed by atoms with Gasteiger partial charge in [-0.3, -0.25) is 6.07 Å². The number of fused-ring (bicyclic) bond motifs is 1. The zero-order chi connectivity index (χ0) is 14.0. The van der Waals surface area contributed by atoms with Crippen LogP contribution in [0.25, 0.3) is 10.9 Å². The maximum absolute atomic E-state index is 4.14. The maximum Gasteiger partial charge on any atom is 0 e. The Labute approximate surface area is 132 Å². The standard InChI is InChI=1S/C10H15.C8H6N.Co/c1-6-7(2)9(4)10(5)8(6)3;1-3-7-4-2-6-9-8(7)5-1;/h1-5H3;1-6H;/q-1;-5;. The van der Waals surface area contributed by atoms with E-state index in [9.17, 15) is 0 Å². The van der Waals surface area contributed by atoms with Gasteiger partial charge in [0.15, 0.2) is 0 Å². The van der Waals surface area contributed by atoms with Crippen molar-refractivity contribution in [3.63, 3.8) is 0 Å². The summed E-state index contributed by atoms with van der Waals surface area (Å²) in [5.74, 6) is 0. The van der Waals surface area contributed by atoms with Crippen LogP contribution >= 0.6 is 0 Å². The van der Waals surface area contributed by atoms with Crippen molar-refractivity contribution >= 4 is 10.9 Å². The molecule has 0 bridgehead atoms. The van der Waals surface area contributed by atoms with Crippen molar-refractivity contribution in [1.82, 2.24) is 4.98 Å². The molecule has 0 amide bonds. The molecule has 0 atom stereocenters.